The molecule has 0 aliphatic carbocycles. The summed E-state index contributed by atoms with van der Waals surface area (Å²) in [6.45, 7) is 5.92. The zero-order valence-electron chi connectivity index (χ0n) is 11.8. The van der Waals surface area contributed by atoms with Crippen molar-refractivity contribution in [2.45, 2.75) is 32.9 Å². The Morgan fingerprint density at radius 2 is 2.20 bits per heavy atom. The fourth-order valence-electron chi connectivity index (χ4n) is 2.53. The van der Waals surface area contributed by atoms with Crippen LogP contribution in [0.2, 0.25) is 0 Å². The number of carboxylic acid groups (broad SMARTS) is 1. The molecule has 2 rings (SSSR count). The van der Waals surface area contributed by atoms with Gasteiger partial charge < -0.3 is 10.4 Å². The summed E-state index contributed by atoms with van der Waals surface area (Å²) < 4.78 is 0. The molecule has 1 fully saturated rings. The highest BCUT2D eigenvalue weighted by Crippen LogP contribution is 2.17. The predicted molar refractivity (Wildman–Crippen MR) is 75.4 cm³/mol. The van der Waals surface area contributed by atoms with Crippen LogP contribution in [0.15, 0.2) is 18.2 Å². The van der Waals surface area contributed by atoms with Gasteiger partial charge in [-0.2, -0.15) is 0 Å². The standard InChI is InChI=1S/C15H20N2O3/c1-10-3-4-11(2)12(7-10)9-17-6-5-16-15(20)13(17)8-14(18)19/h3-4,7,13H,5-6,8-9H2,1-2H3,(H,16,20)(H,18,19). The van der Waals surface area contributed by atoms with Crippen LogP contribution in [0.4, 0.5) is 0 Å². The summed E-state index contributed by atoms with van der Waals surface area (Å²) in [6.07, 6.45) is -0.156. The summed E-state index contributed by atoms with van der Waals surface area (Å²) in [5.41, 5.74) is 3.48. The number of rotatable bonds is 4. The maximum atomic E-state index is 11.9. The third-order valence-electron chi connectivity index (χ3n) is 3.69. The number of nitrogens with one attached hydrogen (secondary N) is 1. The van der Waals surface area contributed by atoms with Gasteiger partial charge in [0.15, 0.2) is 0 Å². The van der Waals surface area contributed by atoms with Gasteiger partial charge in [-0.25, -0.2) is 0 Å². The second-order valence-electron chi connectivity index (χ2n) is 5.31. The van der Waals surface area contributed by atoms with E-state index in [9.17, 15) is 9.59 Å². The maximum absolute atomic E-state index is 11.9. The highest BCUT2D eigenvalue weighted by atomic mass is 16.4. The monoisotopic (exact) mass is 276 g/mol. The quantitative estimate of drug-likeness (QED) is 0.863. The van der Waals surface area contributed by atoms with Gasteiger partial charge in [-0.05, 0) is 25.0 Å². The van der Waals surface area contributed by atoms with Gasteiger partial charge in [-0.1, -0.05) is 23.8 Å². The van der Waals surface area contributed by atoms with Crippen LogP contribution in [-0.4, -0.2) is 41.0 Å². The highest BCUT2D eigenvalue weighted by Gasteiger charge is 2.31. The summed E-state index contributed by atoms with van der Waals surface area (Å²) in [6, 6.07) is 5.62. The van der Waals surface area contributed by atoms with E-state index in [1.165, 1.54) is 5.56 Å². The Bertz CT molecular complexity index is 528. The number of piperazine rings is 1. The van der Waals surface area contributed by atoms with Crippen molar-refractivity contribution in [3.63, 3.8) is 0 Å². The van der Waals surface area contributed by atoms with Crippen molar-refractivity contribution in [2.75, 3.05) is 13.1 Å². The van der Waals surface area contributed by atoms with Gasteiger partial charge in [0.25, 0.3) is 0 Å². The molecule has 1 saturated heterocycles. The molecule has 1 aliphatic rings. The Labute approximate surface area is 118 Å². The molecule has 20 heavy (non-hydrogen) atoms. The number of hydrogen-bond acceptors (Lipinski definition) is 3. The molecule has 0 spiro atoms. The molecule has 1 aromatic rings. The molecule has 2 N–H and O–H groups in total. The van der Waals surface area contributed by atoms with Crippen LogP contribution >= 0.6 is 0 Å². The number of hydrogen-bond donors (Lipinski definition) is 2. The molecular weight excluding hydrogens is 256 g/mol. The normalized spacial score (nSPS) is 19.7. The molecule has 1 heterocycles. The molecular formula is C15H20N2O3. The molecule has 1 atom stereocenters. The molecule has 0 aromatic heterocycles. The lowest BCUT2D eigenvalue weighted by molar-refractivity contribution is -0.143. The molecule has 0 radical (unpaired) electrons. The third-order valence-corrected chi connectivity index (χ3v) is 3.69. The Kier molecular flexibility index (Phi) is 4.39. The predicted octanol–water partition coefficient (Wildman–Crippen LogP) is 1.08. The Balaban J connectivity index is 2.18. The van der Waals surface area contributed by atoms with Crippen molar-refractivity contribution >= 4 is 11.9 Å². The molecule has 1 unspecified atom stereocenters. The lowest BCUT2D eigenvalue weighted by Gasteiger charge is -2.34. The number of nitrogens with zero attached hydrogens (tertiary/aromatic N) is 1. The largest absolute Gasteiger partial charge is 0.481 e. The Morgan fingerprint density at radius 3 is 2.90 bits per heavy atom. The first-order chi connectivity index (χ1) is 9.47. The van der Waals surface area contributed by atoms with E-state index in [0.29, 0.717) is 19.6 Å². The number of carboxylic acids is 1. The Hall–Kier alpha value is -1.88. The zero-order valence-corrected chi connectivity index (χ0v) is 11.8. The Morgan fingerprint density at radius 1 is 1.45 bits per heavy atom. The number of carbonyl (C=O) groups is 2. The fourth-order valence-corrected chi connectivity index (χ4v) is 2.53. The van der Waals surface area contributed by atoms with Crippen LogP contribution in [0.25, 0.3) is 0 Å². The van der Waals surface area contributed by atoms with Crippen molar-refractivity contribution in [3.8, 4) is 0 Å². The highest BCUT2D eigenvalue weighted by molar-refractivity contribution is 5.86. The van der Waals surface area contributed by atoms with Crippen LogP contribution in [-0.2, 0) is 16.1 Å². The molecule has 0 bridgehead atoms. The van der Waals surface area contributed by atoms with E-state index < -0.39 is 12.0 Å². The lowest BCUT2D eigenvalue weighted by atomic mass is 10.0. The first kappa shape index (κ1) is 14.5. The van der Waals surface area contributed by atoms with Crippen molar-refractivity contribution in [3.05, 3.63) is 34.9 Å². The van der Waals surface area contributed by atoms with E-state index in [1.54, 1.807) is 0 Å². The van der Waals surface area contributed by atoms with Crippen LogP contribution in [0.3, 0.4) is 0 Å². The molecule has 108 valence electrons. The van der Waals surface area contributed by atoms with Gasteiger partial charge in [0.1, 0.15) is 6.04 Å². The average molecular weight is 276 g/mol. The number of amides is 1. The van der Waals surface area contributed by atoms with Gasteiger partial charge >= 0.3 is 5.97 Å². The van der Waals surface area contributed by atoms with Gasteiger partial charge in [-0.15, -0.1) is 0 Å². The van der Waals surface area contributed by atoms with E-state index in [0.717, 1.165) is 11.1 Å². The second-order valence-corrected chi connectivity index (χ2v) is 5.31. The van der Waals surface area contributed by atoms with E-state index in [4.69, 9.17) is 5.11 Å². The summed E-state index contributed by atoms with van der Waals surface area (Å²) in [5, 5.41) is 11.7. The van der Waals surface area contributed by atoms with Crippen LogP contribution in [0.1, 0.15) is 23.1 Å². The summed E-state index contributed by atoms with van der Waals surface area (Å²) in [7, 11) is 0. The van der Waals surface area contributed by atoms with Crippen molar-refractivity contribution < 1.29 is 14.7 Å². The minimum absolute atomic E-state index is 0.156. The average Bonchev–Trinajstić information content (AvgIpc) is 2.37. The molecule has 5 nitrogen and oxygen atoms in total. The van der Waals surface area contributed by atoms with Crippen molar-refractivity contribution in [2.24, 2.45) is 0 Å². The van der Waals surface area contributed by atoms with Crippen LogP contribution in [0, 0.1) is 13.8 Å². The summed E-state index contributed by atoms with van der Waals surface area (Å²) >= 11 is 0. The number of carbonyl (C=O) groups excluding carboxylic acids is 1. The topological polar surface area (TPSA) is 69.6 Å². The van der Waals surface area contributed by atoms with Crippen LogP contribution in [0.5, 0.6) is 0 Å². The van der Waals surface area contributed by atoms with E-state index in [1.807, 2.05) is 18.7 Å². The van der Waals surface area contributed by atoms with Gasteiger partial charge in [0.2, 0.25) is 5.91 Å². The molecule has 1 amide bonds. The number of aliphatic carboxylic acids is 1. The van der Waals surface area contributed by atoms with Gasteiger partial charge in [0.05, 0.1) is 6.42 Å². The lowest BCUT2D eigenvalue weighted by Crippen LogP contribution is -2.55. The molecule has 0 saturated carbocycles. The van der Waals surface area contributed by atoms with E-state index in [2.05, 4.69) is 23.5 Å². The molecule has 1 aromatic carbocycles. The maximum Gasteiger partial charge on any atom is 0.305 e. The first-order valence-electron chi connectivity index (χ1n) is 6.77. The van der Waals surface area contributed by atoms with Crippen molar-refractivity contribution in [1.29, 1.82) is 0 Å². The smallest absolute Gasteiger partial charge is 0.305 e. The third kappa shape index (κ3) is 3.36. The SMILES string of the molecule is Cc1ccc(C)c(CN2CCNC(=O)C2CC(=O)O)c1. The second kappa shape index (κ2) is 6.05. The van der Waals surface area contributed by atoms with E-state index >= 15 is 0 Å². The van der Waals surface area contributed by atoms with Crippen LogP contribution < -0.4 is 5.32 Å². The summed E-state index contributed by atoms with van der Waals surface area (Å²) in [5.74, 6) is -1.14. The van der Waals surface area contributed by atoms with Gasteiger partial charge in [0, 0.05) is 19.6 Å². The fraction of sp³-hybridized carbons (Fsp3) is 0.467. The number of aryl methyl sites for hydroxylation is 2. The van der Waals surface area contributed by atoms with E-state index in [-0.39, 0.29) is 12.3 Å². The van der Waals surface area contributed by atoms with Crippen molar-refractivity contribution in [1.82, 2.24) is 10.2 Å². The minimum Gasteiger partial charge on any atom is -0.481 e. The summed E-state index contributed by atoms with van der Waals surface area (Å²) in [4.78, 5) is 24.7. The first-order valence-corrected chi connectivity index (χ1v) is 6.77. The number of benzene rings is 1. The minimum atomic E-state index is -0.946. The molecule has 1 aliphatic heterocycles. The molecule has 5 heteroatoms. The zero-order chi connectivity index (χ0) is 14.7. The van der Waals surface area contributed by atoms with Gasteiger partial charge in [-0.3, -0.25) is 14.5 Å².